The molecule has 0 spiro atoms. The standard InChI is InChI=1S/C17H13Cl2N3O/c18-13-6-3-5-11(8-13)16-14(10-21-22-16)17(23)20-9-12-4-1-2-7-15(12)19/h1-8,10H,9H2,(H,20,23)(H,21,22). The lowest BCUT2D eigenvalue weighted by atomic mass is 10.1. The molecule has 3 rings (SSSR count). The quantitative estimate of drug-likeness (QED) is 0.739. The zero-order chi connectivity index (χ0) is 16.2. The van der Waals surface area contributed by atoms with Crippen molar-refractivity contribution < 1.29 is 4.79 Å². The number of hydrogen-bond acceptors (Lipinski definition) is 2. The number of aromatic amines is 1. The van der Waals surface area contributed by atoms with Gasteiger partial charge in [0.05, 0.1) is 17.5 Å². The van der Waals surface area contributed by atoms with Gasteiger partial charge in [-0.3, -0.25) is 9.89 Å². The van der Waals surface area contributed by atoms with E-state index in [9.17, 15) is 4.79 Å². The monoisotopic (exact) mass is 345 g/mol. The summed E-state index contributed by atoms with van der Waals surface area (Å²) in [7, 11) is 0. The Morgan fingerprint density at radius 3 is 2.74 bits per heavy atom. The molecule has 116 valence electrons. The van der Waals surface area contributed by atoms with E-state index in [1.54, 1.807) is 18.2 Å². The first kappa shape index (κ1) is 15.6. The predicted octanol–water partition coefficient (Wildman–Crippen LogP) is 4.31. The molecule has 2 aromatic carbocycles. The maximum Gasteiger partial charge on any atom is 0.255 e. The Morgan fingerprint density at radius 2 is 1.96 bits per heavy atom. The number of nitrogens with zero attached hydrogens (tertiary/aromatic N) is 1. The van der Waals surface area contributed by atoms with E-state index in [-0.39, 0.29) is 5.91 Å². The molecular formula is C17H13Cl2N3O. The van der Waals surface area contributed by atoms with Gasteiger partial charge in [-0.2, -0.15) is 5.10 Å². The lowest BCUT2D eigenvalue weighted by Gasteiger charge is -2.07. The molecule has 6 heteroatoms. The second kappa shape index (κ2) is 6.86. The highest BCUT2D eigenvalue weighted by Crippen LogP contribution is 2.24. The van der Waals surface area contributed by atoms with Crippen LogP contribution in [0.3, 0.4) is 0 Å². The molecule has 3 aromatic rings. The molecule has 0 aliphatic rings. The summed E-state index contributed by atoms with van der Waals surface area (Å²) in [5.41, 5.74) is 2.75. The van der Waals surface area contributed by atoms with Gasteiger partial charge in [-0.25, -0.2) is 0 Å². The van der Waals surface area contributed by atoms with Crippen molar-refractivity contribution in [3.8, 4) is 11.3 Å². The predicted molar refractivity (Wildman–Crippen MR) is 91.7 cm³/mol. The largest absolute Gasteiger partial charge is 0.348 e. The Kier molecular flexibility index (Phi) is 4.65. The van der Waals surface area contributed by atoms with Crippen LogP contribution < -0.4 is 5.32 Å². The molecule has 23 heavy (non-hydrogen) atoms. The number of carbonyl (C=O) groups is 1. The Hall–Kier alpha value is -2.30. The molecule has 4 nitrogen and oxygen atoms in total. The Bertz CT molecular complexity index is 845. The lowest BCUT2D eigenvalue weighted by Crippen LogP contribution is -2.23. The second-order valence-corrected chi connectivity index (χ2v) is 5.79. The van der Waals surface area contributed by atoms with Crippen LogP contribution >= 0.6 is 23.2 Å². The first-order chi connectivity index (χ1) is 11.1. The first-order valence-corrected chi connectivity index (χ1v) is 7.71. The smallest absolute Gasteiger partial charge is 0.255 e. The van der Waals surface area contributed by atoms with Crippen LogP contribution in [0.4, 0.5) is 0 Å². The van der Waals surface area contributed by atoms with Crippen molar-refractivity contribution in [2.24, 2.45) is 0 Å². The molecule has 0 aliphatic carbocycles. The van der Waals surface area contributed by atoms with Crippen molar-refractivity contribution in [1.82, 2.24) is 15.5 Å². The van der Waals surface area contributed by atoms with Gasteiger partial charge >= 0.3 is 0 Å². The van der Waals surface area contributed by atoms with Gasteiger partial charge in [0.15, 0.2) is 0 Å². The molecule has 0 fully saturated rings. The maximum atomic E-state index is 12.4. The highest BCUT2D eigenvalue weighted by molar-refractivity contribution is 6.31. The molecule has 1 aromatic heterocycles. The van der Waals surface area contributed by atoms with E-state index in [1.807, 2.05) is 30.3 Å². The summed E-state index contributed by atoms with van der Waals surface area (Å²) in [6.45, 7) is 0.346. The number of halogens is 2. The third-order valence-electron chi connectivity index (χ3n) is 3.39. The summed E-state index contributed by atoms with van der Waals surface area (Å²) in [5.74, 6) is -0.228. The molecule has 0 bridgehead atoms. The average Bonchev–Trinajstić information content (AvgIpc) is 3.03. The van der Waals surface area contributed by atoms with E-state index in [0.717, 1.165) is 11.1 Å². The van der Waals surface area contributed by atoms with Crippen LogP contribution in [-0.4, -0.2) is 16.1 Å². The van der Waals surface area contributed by atoms with Gasteiger partial charge in [0.25, 0.3) is 5.91 Å². The summed E-state index contributed by atoms with van der Waals surface area (Å²) in [6, 6.07) is 14.6. The number of H-pyrrole nitrogens is 1. The van der Waals surface area contributed by atoms with Gasteiger partial charge in [-0.15, -0.1) is 0 Å². The van der Waals surface area contributed by atoms with Gasteiger partial charge in [0.1, 0.15) is 0 Å². The van der Waals surface area contributed by atoms with E-state index < -0.39 is 0 Å². The molecule has 1 amide bonds. The summed E-state index contributed by atoms with van der Waals surface area (Å²) in [6.07, 6.45) is 1.50. The fourth-order valence-corrected chi connectivity index (χ4v) is 2.63. The van der Waals surface area contributed by atoms with E-state index in [2.05, 4.69) is 15.5 Å². The third kappa shape index (κ3) is 3.55. The molecule has 1 heterocycles. The number of benzene rings is 2. The van der Waals surface area contributed by atoms with Gasteiger partial charge in [0, 0.05) is 22.2 Å². The number of aromatic nitrogens is 2. The zero-order valence-corrected chi connectivity index (χ0v) is 13.5. The number of amides is 1. The van der Waals surface area contributed by atoms with Crippen LogP contribution in [0, 0.1) is 0 Å². The molecule has 0 aliphatic heterocycles. The zero-order valence-electron chi connectivity index (χ0n) is 12.0. The number of carbonyl (C=O) groups excluding carboxylic acids is 1. The van der Waals surface area contributed by atoms with Crippen molar-refractivity contribution in [2.45, 2.75) is 6.54 Å². The Balaban J connectivity index is 1.79. The van der Waals surface area contributed by atoms with Gasteiger partial charge in [0.2, 0.25) is 0 Å². The molecule has 0 atom stereocenters. The third-order valence-corrected chi connectivity index (χ3v) is 4.00. The van der Waals surface area contributed by atoms with Crippen molar-refractivity contribution in [2.75, 3.05) is 0 Å². The SMILES string of the molecule is O=C(NCc1ccccc1Cl)c1cn[nH]c1-c1cccc(Cl)c1. The molecule has 0 saturated heterocycles. The minimum Gasteiger partial charge on any atom is -0.348 e. The highest BCUT2D eigenvalue weighted by Gasteiger charge is 2.15. The second-order valence-electron chi connectivity index (χ2n) is 4.94. The van der Waals surface area contributed by atoms with E-state index in [4.69, 9.17) is 23.2 Å². The van der Waals surface area contributed by atoms with Gasteiger partial charge in [-0.05, 0) is 23.8 Å². The van der Waals surface area contributed by atoms with Gasteiger partial charge < -0.3 is 5.32 Å². The lowest BCUT2D eigenvalue weighted by molar-refractivity contribution is 0.0951. The van der Waals surface area contributed by atoms with Crippen molar-refractivity contribution in [3.05, 3.63) is 75.9 Å². The molecule has 0 radical (unpaired) electrons. The summed E-state index contributed by atoms with van der Waals surface area (Å²) in [5, 5.41) is 10.9. The average molecular weight is 346 g/mol. The van der Waals surface area contributed by atoms with Gasteiger partial charge in [-0.1, -0.05) is 53.5 Å². The minimum atomic E-state index is -0.228. The molecule has 0 unspecified atom stereocenters. The normalized spacial score (nSPS) is 10.5. The van der Waals surface area contributed by atoms with Crippen molar-refractivity contribution >= 4 is 29.1 Å². The highest BCUT2D eigenvalue weighted by atomic mass is 35.5. The van der Waals surface area contributed by atoms with Crippen LogP contribution in [-0.2, 0) is 6.54 Å². The number of rotatable bonds is 4. The van der Waals surface area contributed by atoms with Crippen LogP contribution in [0.1, 0.15) is 15.9 Å². The van der Waals surface area contributed by atoms with E-state index in [0.29, 0.717) is 27.8 Å². The Labute approximate surface area is 143 Å². The topological polar surface area (TPSA) is 57.8 Å². The summed E-state index contributed by atoms with van der Waals surface area (Å²) < 4.78 is 0. The maximum absolute atomic E-state index is 12.4. The number of hydrogen-bond donors (Lipinski definition) is 2. The molecule has 2 N–H and O–H groups in total. The van der Waals surface area contributed by atoms with Crippen LogP contribution in [0.2, 0.25) is 10.0 Å². The summed E-state index contributed by atoms with van der Waals surface area (Å²) >= 11 is 12.1. The molecular weight excluding hydrogens is 333 g/mol. The van der Waals surface area contributed by atoms with Crippen molar-refractivity contribution in [3.63, 3.8) is 0 Å². The van der Waals surface area contributed by atoms with Crippen LogP contribution in [0.15, 0.2) is 54.7 Å². The fourth-order valence-electron chi connectivity index (χ4n) is 2.23. The summed E-state index contributed by atoms with van der Waals surface area (Å²) in [4.78, 5) is 12.4. The van der Waals surface area contributed by atoms with Crippen LogP contribution in [0.25, 0.3) is 11.3 Å². The number of nitrogens with one attached hydrogen (secondary N) is 2. The Morgan fingerprint density at radius 1 is 1.13 bits per heavy atom. The minimum absolute atomic E-state index is 0.228. The van der Waals surface area contributed by atoms with E-state index in [1.165, 1.54) is 6.20 Å². The van der Waals surface area contributed by atoms with E-state index >= 15 is 0 Å². The first-order valence-electron chi connectivity index (χ1n) is 6.96. The van der Waals surface area contributed by atoms with Crippen LogP contribution in [0.5, 0.6) is 0 Å². The van der Waals surface area contributed by atoms with Crippen molar-refractivity contribution in [1.29, 1.82) is 0 Å². The fraction of sp³-hybridized carbons (Fsp3) is 0.0588. The molecule has 0 saturated carbocycles.